The molecule has 2 aromatic carbocycles. The van der Waals surface area contributed by atoms with Gasteiger partial charge in [0.05, 0.1) is 17.4 Å². The van der Waals surface area contributed by atoms with E-state index in [0.29, 0.717) is 6.04 Å². The molecule has 0 spiro atoms. The lowest BCUT2D eigenvalue weighted by Crippen LogP contribution is -2.29. The number of nitrogens with one attached hydrogen (secondary N) is 1. The van der Waals surface area contributed by atoms with Crippen molar-refractivity contribution >= 4 is 28.9 Å². The second-order valence-corrected chi connectivity index (χ2v) is 5.99. The summed E-state index contributed by atoms with van der Waals surface area (Å²) >= 11 is 0. The van der Waals surface area contributed by atoms with Crippen LogP contribution in [-0.2, 0) is 0 Å². The van der Waals surface area contributed by atoms with E-state index in [4.69, 9.17) is 0 Å². The molecule has 1 aromatic heterocycles. The third-order valence-electron chi connectivity index (χ3n) is 4.32. The van der Waals surface area contributed by atoms with Crippen molar-refractivity contribution in [2.75, 3.05) is 6.54 Å². The Bertz CT molecular complexity index is 883. The van der Waals surface area contributed by atoms with Crippen molar-refractivity contribution in [3.8, 4) is 5.69 Å². The van der Waals surface area contributed by atoms with Crippen LogP contribution < -0.4 is 5.32 Å². The number of halogens is 2. The third-order valence-corrected chi connectivity index (χ3v) is 4.32. The molecule has 3 aromatic rings. The molecule has 5 heteroatoms. The summed E-state index contributed by atoms with van der Waals surface area (Å²) in [4.78, 5) is 0. The van der Waals surface area contributed by atoms with Crippen molar-refractivity contribution in [2.45, 2.75) is 19.4 Å². The lowest BCUT2D eigenvalue weighted by atomic mass is 9.97. The number of hydrogen-bond donors (Lipinski definition) is 1. The molecule has 0 amide bonds. The zero-order chi connectivity index (χ0) is 15.8. The fourth-order valence-electron chi connectivity index (χ4n) is 3.14. The van der Waals surface area contributed by atoms with Crippen molar-refractivity contribution in [1.82, 2.24) is 15.1 Å². The van der Waals surface area contributed by atoms with Crippen LogP contribution in [0.2, 0.25) is 0 Å². The molecule has 0 radical (unpaired) electrons. The van der Waals surface area contributed by atoms with Crippen LogP contribution in [0.5, 0.6) is 0 Å². The number of fused-ring (bicyclic) bond motifs is 1. The van der Waals surface area contributed by atoms with Gasteiger partial charge in [0.25, 0.3) is 0 Å². The maximum Gasteiger partial charge on any atom is 0.123 e. The van der Waals surface area contributed by atoms with Gasteiger partial charge in [0.2, 0.25) is 0 Å². The summed E-state index contributed by atoms with van der Waals surface area (Å²) in [5, 5.41) is 8.98. The Labute approximate surface area is 146 Å². The van der Waals surface area contributed by atoms with Crippen molar-refractivity contribution < 1.29 is 4.39 Å². The fraction of sp³-hybridized carbons (Fsp3) is 0.211. The lowest BCUT2D eigenvalue weighted by Gasteiger charge is -2.19. The van der Waals surface area contributed by atoms with E-state index >= 15 is 0 Å². The highest BCUT2D eigenvalue weighted by atomic mass is 35.5. The molecule has 24 heavy (non-hydrogen) atoms. The van der Waals surface area contributed by atoms with Gasteiger partial charge in [0.1, 0.15) is 5.82 Å². The first-order chi connectivity index (χ1) is 11.2. The molecule has 2 heterocycles. The highest BCUT2D eigenvalue weighted by Crippen LogP contribution is 2.26. The Balaban J connectivity index is 0.00000169. The van der Waals surface area contributed by atoms with Gasteiger partial charge in [-0.1, -0.05) is 12.1 Å². The maximum atomic E-state index is 13.1. The largest absolute Gasteiger partial charge is 0.310 e. The molecule has 1 atom stereocenters. The summed E-state index contributed by atoms with van der Waals surface area (Å²) in [6, 6.07) is 13.2. The first kappa shape index (κ1) is 16.7. The van der Waals surface area contributed by atoms with Crippen LogP contribution >= 0.6 is 12.4 Å². The molecule has 0 saturated heterocycles. The second-order valence-electron chi connectivity index (χ2n) is 5.99. The van der Waals surface area contributed by atoms with E-state index in [1.54, 1.807) is 12.1 Å². The monoisotopic (exact) mass is 343 g/mol. The molecule has 4 rings (SSSR count). The molecule has 124 valence electrons. The average molecular weight is 344 g/mol. The van der Waals surface area contributed by atoms with Crippen LogP contribution in [0.25, 0.3) is 22.2 Å². The van der Waals surface area contributed by atoms with E-state index in [1.165, 1.54) is 23.3 Å². The van der Waals surface area contributed by atoms with E-state index < -0.39 is 0 Å². The molecular weight excluding hydrogens is 325 g/mol. The minimum absolute atomic E-state index is 0. The second kappa shape index (κ2) is 6.75. The Morgan fingerprint density at radius 1 is 1.17 bits per heavy atom. The molecule has 0 fully saturated rings. The molecule has 0 aliphatic carbocycles. The standard InChI is InChI=1S/C19H18FN3.ClH/c1-13-10-15(8-9-21-13)14-2-7-19-16(11-14)12-22-23(19)18-5-3-17(20)4-6-18;/h2-7,10-13,21H,8-9H2,1H3;1H. The van der Waals surface area contributed by atoms with Crippen LogP contribution in [0.3, 0.4) is 0 Å². The maximum absolute atomic E-state index is 13.1. The molecule has 1 N–H and O–H groups in total. The van der Waals surface area contributed by atoms with Crippen LogP contribution in [0, 0.1) is 5.82 Å². The minimum atomic E-state index is -0.237. The molecule has 1 aliphatic rings. The van der Waals surface area contributed by atoms with E-state index in [9.17, 15) is 4.39 Å². The number of aromatic nitrogens is 2. The van der Waals surface area contributed by atoms with Crippen LogP contribution in [0.15, 0.2) is 54.7 Å². The first-order valence-corrected chi connectivity index (χ1v) is 7.89. The van der Waals surface area contributed by atoms with Gasteiger partial charge in [0, 0.05) is 11.4 Å². The van der Waals surface area contributed by atoms with Gasteiger partial charge in [-0.05, 0) is 67.4 Å². The summed E-state index contributed by atoms with van der Waals surface area (Å²) in [7, 11) is 0. The van der Waals surface area contributed by atoms with E-state index in [1.807, 2.05) is 10.9 Å². The highest BCUT2D eigenvalue weighted by Gasteiger charge is 2.12. The van der Waals surface area contributed by atoms with Gasteiger partial charge in [-0.2, -0.15) is 5.10 Å². The normalized spacial score (nSPS) is 17.4. The zero-order valence-corrected chi connectivity index (χ0v) is 14.2. The molecular formula is C19H19ClFN3. The van der Waals surface area contributed by atoms with Crippen LogP contribution in [0.1, 0.15) is 18.9 Å². The topological polar surface area (TPSA) is 29.9 Å². The van der Waals surface area contributed by atoms with Gasteiger partial charge in [-0.25, -0.2) is 9.07 Å². The molecule has 1 unspecified atom stereocenters. The molecule has 1 aliphatic heterocycles. The third kappa shape index (κ3) is 3.07. The first-order valence-electron chi connectivity index (χ1n) is 7.89. The Morgan fingerprint density at radius 2 is 1.96 bits per heavy atom. The number of hydrogen-bond acceptors (Lipinski definition) is 2. The Kier molecular flexibility index (Phi) is 4.69. The van der Waals surface area contributed by atoms with Crippen LogP contribution in [0.4, 0.5) is 4.39 Å². The van der Waals surface area contributed by atoms with Crippen molar-refractivity contribution in [1.29, 1.82) is 0 Å². The Morgan fingerprint density at radius 3 is 2.71 bits per heavy atom. The summed E-state index contributed by atoms with van der Waals surface area (Å²) in [5.41, 5.74) is 4.53. The summed E-state index contributed by atoms with van der Waals surface area (Å²) in [6.45, 7) is 3.18. The number of benzene rings is 2. The van der Waals surface area contributed by atoms with Gasteiger partial charge in [-0.3, -0.25) is 0 Å². The average Bonchev–Trinajstić information content (AvgIpc) is 2.99. The van der Waals surface area contributed by atoms with Gasteiger partial charge >= 0.3 is 0 Å². The Hall–Kier alpha value is -2.17. The van der Waals surface area contributed by atoms with E-state index in [-0.39, 0.29) is 18.2 Å². The van der Waals surface area contributed by atoms with Gasteiger partial charge < -0.3 is 5.32 Å². The molecule has 0 bridgehead atoms. The predicted octanol–water partition coefficient (Wildman–Crippen LogP) is 4.35. The SMILES string of the molecule is CC1C=C(c2ccc3c(cnn3-c3ccc(F)cc3)c2)CCN1.Cl. The smallest absolute Gasteiger partial charge is 0.123 e. The van der Waals surface area contributed by atoms with Gasteiger partial charge in [-0.15, -0.1) is 12.4 Å². The van der Waals surface area contributed by atoms with E-state index in [2.05, 4.69) is 41.6 Å². The van der Waals surface area contributed by atoms with Crippen molar-refractivity contribution in [3.05, 3.63) is 66.1 Å². The highest BCUT2D eigenvalue weighted by molar-refractivity contribution is 5.85. The minimum Gasteiger partial charge on any atom is -0.310 e. The predicted molar refractivity (Wildman–Crippen MR) is 98.3 cm³/mol. The summed E-state index contributed by atoms with van der Waals surface area (Å²) < 4.78 is 14.9. The van der Waals surface area contributed by atoms with Gasteiger partial charge in [0.15, 0.2) is 0 Å². The summed E-state index contributed by atoms with van der Waals surface area (Å²) in [6.07, 6.45) is 5.20. The number of nitrogens with zero attached hydrogens (tertiary/aromatic N) is 2. The van der Waals surface area contributed by atoms with Crippen molar-refractivity contribution in [3.63, 3.8) is 0 Å². The summed E-state index contributed by atoms with van der Waals surface area (Å²) in [5.74, 6) is -0.237. The lowest BCUT2D eigenvalue weighted by molar-refractivity contribution is 0.620. The zero-order valence-electron chi connectivity index (χ0n) is 13.4. The molecule has 3 nitrogen and oxygen atoms in total. The molecule has 0 saturated carbocycles. The fourth-order valence-corrected chi connectivity index (χ4v) is 3.14. The van der Waals surface area contributed by atoms with Crippen LogP contribution in [-0.4, -0.2) is 22.4 Å². The van der Waals surface area contributed by atoms with E-state index in [0.717, 1.165) is 29.6 Å². The number of rotatable bonds is 2. The quantitative estimate of drug-likeness (QED) is 0.749. The van der Waals surface area contributed by atoms with Crippen molar-refractivity contribution in [2.24, 2.45) is 0 Å².